The number of rotatable bonds is 1. The molecule has 62 valence electrons. The van der Waals surface area contributed by atoms with E-state index in [9.17, 15) is 4.57 Å². The van der Waals surface area contributed by atoms with Crippen molar-refractivity contribution in [3.8, 4) is 0 Å². The summed E-state index contributed by atoms with van der Waals surface area (Å²) in [7, 11) is -2.53. The topological polar surface area (TPSA) is 26.3 Å². The summed E-state index contributed by atoms with van der Waals surface area (Å²) in [5, 5.41) is 0. The third-order valence-electron chi connectivity index (χ3n) is 1.48. The second-order valence-electron chi connectivity index (χ2n) is 2.66. The lowest BCUT2D eigenvalue weighted by Gasteiger charge is -2.20. The van der Waals surface area contributed by atoms with Crippen LogP contribution in [0.25, 0.3) is 0 Å². The number of hydrogen-bond acceptors (Lipinski definition) is 2. The van der Waals surface area contributed by atoms with E-state index < -0.39 is 7.37 Å². The van der Waals surface area contributed by atoms with Gasteiger partial charge in [-0.05, 0) is 20.3 Å². The van der Waals surface area contributed by atoms with Crippen LogP contribution in [-0.2, 0) is 9.09 Å². The van der Waals surface area contributed by atoms with Crippen molar-refractivity contribution < 1.29 is 9.09 Å². The van der Waals surface area contributed by atoms with Crippen molar-refractivity contribution in [2.75, 3.05) is 0 Å². The summed E-state index contributed by atoms with van der Waals surface area (Å²) in [5.41, 5.74) is 0. The average Bonchev–Trinajstić information content (AvgIpc) is 1.86. The third-order valence-corrected chi connectivity index (χ3v) is 3.51. The second kappa shape index (κ2) is 3.38. The van der Waals surface area contributed by atoms with Crippen LogP contribution < -0.4 is 0 Å². The van der Waals surface area contributed by atoms with Crippen LogP contribution in [0.1, 0.15) is 20.3 Å². The van der Waals surface area contributed by atoms with Crippen molar-refractivity contribution in [2.24, 2.45) is 0 Å². The molecule has 1 aliphatic rings. The van der Waals surface area contributed by atoms with Gasteiger partial charge in [0.2, 0.25) is 7.37 Å². The van der Waals surface area contributed by atoms with E-state index in [4.69, 9.17) is 4.52 Å². The van der Waals surface area contributed by atoms with E-state index in [-0.39, 0.29) is 6.10 Å². The third kappa shape index (κ3) is 2.32. The monoisotopic (exact) mass is 172 g/mol. The highest BCUT2D eigenvalue weighted by Crippen LogP contribution is 2.53. The summed E-state index contributed by atoms with van der Waals surface area (Å²) in [6.07, 6.45) is 4.64. The summed E-state index contributed by atoms with van der Waals surface area (Å²) in [6.45, 7) is 3.77. The predicted octanol–water partition coefficient (Wildman–Crippen LogP) is 3.12. The quantitative estimate of drug-likeness (QED) is 0.568. The molecule has 1 rings (SSSR count). The fourth-order valence-electron chi connectivity index (χ4n) is 1.05. The highest BCUT2D eigenvalue weighted by molar-refractivity contribution is 7.65. The number of allylic oxidation sites excluding steroid dienone is 1. The van der Waals surface area contributed by atoms with E-state index >= 15 is 0 Å². The maximum atomic E-state index is 11.6. The van der Waals surface area contributed by atoms with Gasteiger partial charge in [0.1, 0.15) is 0 Å². The molecular weight excluding hydrogens is 159 g/mol. The first-order chi connectivity index (χ1) is 5.16. The van der Waals surface area contributed by atoms with Crippen LogP contribution in [0.5, 0.6) is 0 Å². The lowest BCUT2D eigenvalue weighted by Crippen LogP contribution is -2.06. The van der Waals surface area contributed by atoms with E-state index in [0.717, 1.165) is 6.42 Å². The molecule has 0 aromatic heterocycles. The van der Waals surface area contributed by atoms with E-state index in [1.165, 1.54) is 0 Å². The van der Waals surface area contributed by atoms with E-state index in [0.29, 0.717) is 0 Å². The van der Waals surface area contributed by atoms with Gasteiger partial charge in [-0.1, -0.05) is 12.2 Å². The summed E-state index contributed by atoms with van der Waals surface area (Å²) < 4.78 is 16.9. The highest BCUT2D eigenvalue weighted by atomic mass is 31.2. The van der Waals surface area contributed by atoms with Gasteiger partial charge in [-0.3, -0.25) is 4.57 Å². The molecule has 0 spiro atoms. The Bertz CT molecular complexity index is 230. The molecule has 0 saturated heterocycles. The average molecular weight is 172 g/mol. The van der Waals surface area contributed by atoms with Crippen LogP contribution >= 0.6 is 7.37 Å². The predicted molar refractivity (Wildman–Crippen MR) is 46.7 cm³/mol. The fourth-order valence-corrected chi connectivity index (χ4v) is 2.77. The first kappa shape index (κ1) is 8.76. The number of hydrogen-bond donors (Lipinski definition) is 0. The van der Waals surface area contributed by atoms with Gasteiger partial charge in [0, 0.05) is 11.6 Å². The zero-order valence-corrected chi connectivity index (χ0v) is 7.75. The van der Waals surface area contributed by atoms with Crippen molar-refractivity contribution in [2.45, 2.75) is 26.4 Å². The molecule has 0 radical (unpaired) electrons. The van der Waals surface area contributed by atoms with Crippen molar-refractivity contribution >= 4 is 7.37 Å². The summed E-state index contributed by atoms with van der Waals surface area (Å²) in [4.78, 5) is 0. The van der Waals surface area contributed by atoms with Gasteiger partial charge in [0.25, 0.3) is 0 Å². The van der Waals surface area contributed by atoms with E-state index in [1.807, 2.05) is 19.9 Å². The molecule has 1 heterocycles. The Balaban J connectivity index is 2.79. The van der Waals surface area contributed by atoms with Gasteiger partial charge in [0.05, 0.1) is 6.10 Å². The first-order valence-electron chi connectivity index (χ1n) is 3.76. The lowest BCUT2D eigenvalue weighted by molar-refractivity contribution is 0.230. The Kier molecular flexibility index (Phi) is 2.69. The minimum Gasteiger partial charge on any atom is -0.319 e. The van der Waals surface area contributed by atoms with Gasteiger partial charge in [-0.25, -0.2) is 0 Å². The van der Waals surface area contributed by atoms with Crippen LogP contribution in [0, 0.1) is 0 Å². The molecule has 0 unspecified atom stereocenters. The van der Waals surface area contributed by atoms with E-state index in [1.54, 1.807) is 17.7 Å². The molecule has 0 N–H and O–H groups in total. The minimum absolute atomic E-state index is 0.0852. The van der Waals surface area contributed by atoms with Gasteiger partial charge >= 0.3 is 0 Å². The Morgan fingerprint density at radius 1 is 1.73 bits per heavy atom. The lowest BCUT2D eigenvalue weighted by atomic mass is 10.3. The summed E-state index contributed by atoms with van der Waals surface area (Å²) >= 11 is 0. The smallest absolute Gasteiger partial charge is 0.246 e. The Morgan fingerprint density at radius 3 is 3.00 bits per heavy atom. The molecule has 0 amide bonds. The van der Waals surface area contributed by atoms with Crippen LogP contribution in [0.2, 0.25) is 0 Å². The standard InChI is InChI=1S/C8H13O2P/c1-3-6-11(9)7-4-5-8(2)10-11/h3-4,6-8H,5H2,1-2H3/b6-3-/t8-,11+/m0/s1. The van der Waals surface area contributed by atoms with Gasteiger partial charge in [0.15, 0.2) is 0 Å². The Morgan fingerprint density at radius 2 is 2.45 bits per heavy atom. The van der Waals surface area contributed by atoms with Gasteiger partial charge in [-0.2, -0.15) is 0 Å². The summed E-state index contributed by atoms with van der Waals surface area (Å²) in [5.74, 6) is 3.31. The van der Waals surface area contributed by atoms with Crippen LogP contribution in [0.15, 0.2) is 23.8 Å². The fraction of sp³-hybridized carbons (Fsp3) is 0.500. The molecule has 2 atom stereocenters. The molecule has 0 aromatic carbocycles. The molecule has 0 aliphatic carbocycles. The van der Waals surface area contributed by atoms with Crippen molar-refractivity contribution in [3.05, 3.63) is 23.8 Å². The summed E-state index contributed by atoms with van der Waals surface area (Å²) in [6, 6.07) is 0. The van der Waals surface area contributed by atoms with E-state index in [2.05, 4.69) is 0 Å². The molecular formula is C8H13O2P. The molecule has 0 aromatic rings. The van der Waals surface area contributed by atoms with Crippen LogP contribution in [0.4, 0.5) is 0 Å². The van der Waals surface area contributed by atoms with Crippen LogP contribution in [0.3, 0.4) is 0 Å². The maximum absolute atomic E-state index is 11.6. The second-order valence-corrected chi connectivity index (χ2v) is 4.76. The zero-order valence-electron chi connectivity index (χ0n) is 6.86. The van der Waals surface area contributed by atoms with Gasteiger partial charge in [-0.15, -0.1) is 0 Å². The molecule has 1 aliphatic heterocycles. The van der Waals surface area contributed by atoms with Gasteiger partial charge < -0.3 is 4.52 Å². The maximum Gasteiger partial charge on any atom is 0.246 e. The SMILES string of the molecule is C/C=C\[P@]1(=O)C=CC[C@H](C)O1. The van der Waals surface area contributed by atoms with Crippen molar-refractivity contribution in [1.29, 1.82) is 0 Å². The molecule has 0 fully saturated rings. The van der Waals surface area contributed by atoms with Crippen molar-refractivity contribution in [3.63, 3.8) is 0 Å². The first-order valence-corrected chi connectivity index (χ1v) is 5.52. The Hall–Kier alpha value is -0.330. The normalized spacial score (nSPS) is 38.2. The molecule has 11 heavy (non-hydrogen) atoms. The highest BCUT2D eigenvalue weighted by Gasteiger charge is 2.21. The largest absolute Gasteiger partial charge is 0.319 e. The molecule has 0 bridgehead atoms. The molecule has 3 heteroatoms. The molecule has 0 saturated carbocycles. The van der Waals surface area contributed by atoms with Crippen molar-refractivity contribution in [1.82, 2.24) is 0 Å². The zero-order chi connectivity index (χ0) is 8.32. The Labute approximate surface area is 67.4 Å². The van der Waals surface area contributed by atoms with Crippen LogP contribution in [-0.4, -0.2) is 6.10 Å². The minimum atomic E-state index is -2.53. The molecule has 2 nitrogen and oxygen atoms in total.